The molecule has 31 heavy (non-hydrogen) atoms. The van der Waals surface area contributed by atoms with Crippen LogP contribution in [0.5, 0.6) is 0 Å². The van der Waals surface area contributed by atoms with Gasteiger partial charge in [0.1, 0.15) is 0 Å². The highest BCUT2D eigenvalue weighted by Crippen LogP contribution is 2.47. The zero-order valence-electron chi connectivity index (χ0n) is 19.3. The number of unbranched alkanes of at least 4 members (excludes halogenated alkanes) is 2. The summed E-state index contributed by atoms with van der Waals surface area (Å²) in [5.74, 6) is 3.49. The number of thioether (sulfide) groups is 1. The number of fused-ring (bicyclic) bond motifs is 2. The zero-order chi connectivity index (χ0) is 21.9. The third kappa shape index (κ3) is 8.74. The first-order valence-electron chi connectivity index (χ1n) is 12.9. The summed E-state index contributed by atoms with van der Waals surface area (Å²) in [6.07, 6.45) is 22.2. The summed E-state index contributed by atoms with van der Waals surface area (Å²) < 4.78 is 6.24. The molecule has 0 aromatic heterocycles. The van der Waals surface area contributed by atoms with Gasteiger partial charge in [0.25, 0.3) is 0 Å². The number of aliphatic carboxylic acids is 1. The number of ether oxygens (including phenoxy) is 1. The number of carboxylic acid groups (broad SMARTS) is 1. The molecule has 5 heteroatoms. The number of carboxylic acids is 1. The molecule has 2 heterocycles. The van der Waals surface area contributed by atoms with Crippen molar-refractivity contribution in [2.45, 2.75) is 115 Å². The van der Waals surface area contributed by atoms with Crippen molar-refractivity contribution >= 4 is 17.7 Å². The second kappa shape index (κ2) is 13.9. The lowest BCUT2D eigenvalue weighted by atomic mass is 9.75. The van der Waals surface area contributed by atoms with Crippen LogP contribution in [-0.4, -0.2) is 46.0 Å². The number of hydrogen-bond donors (Lipinski definition) is 2. The van der Waals surface area contributed by atoms with Gasteiger partial charge in [-0.1, -0.05) is 50.7 Å². The third-order valence-corrected chi connectivity index (χ3v) is 8.84. The molecule has 0 radical (unpaired) electrons. The van der Waals surface area contributed by atoms with Crippen LogP contribution in [0.2, 0.25) is 0 Å². The maximum atomic E-state index is 10.6. The van der Waals surface area contributed by atoms with Crippen molar-refractivity contribution in [3.05, 3.63) is 12.2 Å². The molecule has 2 saturated heterocycles. The number of aliphatic hydroxyl groups excluding tert-OH is 1. The van der Waals surface area contributed by atoms with Crippen molar-refractivity contribution in [3.63, 3.8) is 0 Å². The smallest absolute Gasteiger partial charge is 0.303 e. The predicted octanol–water partition coefficient (Wildman–Crippen LogP) is 6.22. The average Bonchev–Trinajstić information content (AvgIpc) is 3.35. The molecule has 0 aromatic rings. The first-order valence-corrected chi connectivity index (χ1v) is 14.1. The lowest BCUT2D eigenvalue weighted by Crippen LogP contribution is -2.26. The SMILES string of the molecule is O=C(O)CCCC=CC[C@@H]1[C@H](CCCCSCC(O)CC2CCCCC2)[C@@H]2CC[C@H]1O2. The zero-order valence-corrected chi connectivity index (χ0v) is 20.1. The fourth-order valence-electron chi connectivity index (χ4n) is 6.02. The Balaban J connectivity index is 1.25. The molecule has 0 amide bonds. The van der Waals surface area contributed by atoms with E-state index in [0.717, 1.165) is 43.1 Å². The van der Waals surface area contributed by atoms with E-state index in [-0.39, 0.29) is 12.5 Å². The summed E-state index contributed by atoms with van der Waals surface area (Å²) in [6, 6.07) is 0. The monoisotopic (exact) mass is 452 g/mol. The Morgan fingerprint density at radius 3 is 2.55 bits per heavy atom. The van der Waals surface area contributed by atoms with E-state index in [4.69, 9.17) is 9.84 Å². The van der Waals surface area contributed by atoms with Crippen LogP contribution in [0.1, 0.15) is 96.3 Å². The van der Waals surface area contributed by atoms with E-state index in [1.54, 1.807) is 0 Å². The van der Waals surface area contributed by atoms with E-state index < -0.39 is 5.97 Å². The quantitative estimate of drug-likeness (QED) is 0.228. The van der Waals surface area contributed by atoms with E-state index in [9.17, 15) is 9.90 Å². The van der Waals surface area contributed by atoms with Gasteiger partial charge < -0.3 is 14.9 Å². The van der Waals surface area contributed by atoms with Gasteiger partial charge in [0.2, 0.25) is 0 Å². The lowest BCUT2D eigenvalue weighted by molar-refractivity contribution is -0.137. The Bertz CT molecular complexity index is 546. The molecule has 0 aromatic carbocycles. The van der Waals surface area contributed by atoms with Gasteiger partial charge in [-0.25, -0.2) is 0 Å². The van der Waals surface area contributed by atoms with Crippen molar-refractivity contribution in [1.29, 1.82) is 0 Å². The van der Waals surface area contributed by atoms with E-state index in [1.807, 2.05) is 11.8 Å². The molecular formula is C26H44O4S. The Morgan fingerprint density at radius 1 is 1.00 bits per heavy atom. The molecule has 4 nitrogen and oxygen atoms in total. The summed E-state index contributed by atoms with van der Waals surface area (Å²) in [6.45, 7) is 0. The molecule has 1 aliphatic carbocycles. The van der Waals surface area contributed by atoms with Crippen LogP contribution >= 0.6 is 11.8 Å². The maximum Gasteiger partial charge on any atom is 0.303 e. The summed E-state index contributed by atoms with van der Waals surface area (Å²) in [5, 5.41) is 19.1. The Kier molecular flexibility index (Phi) is 11.3. The molecule has 3 rings (SSSR count). The molecule has 5 atom stereocenters. The van der Waals surface area contributed by atoms with Gasteiger partial charge in [-0.15, -0.1) is 0 Å². The summed E-state index contributed by atoms with van der Waals surface area (Å²) in [7, 11) is 0. The van der Waals surface area contributed by atoms with Crippen molar-refractivity contribution < 1.29 is 19.7 Å². The van der Waals surface area contributed by atoms with Gasteiger partial charge in [-0.3, -0.25) is 4.79 Å². The van der Waals surface area contributed by atoms with E-state index in [2.05, 4.69) is 12.2 Å². The van der Waals surface area contributed by atoms with Gasteiger partial charge in [0, 0.05) is 12.2 Å². The number of rotatable bonds is 15. The fraction of sp³-hybridized carbons (Fsp3) is 0.885. The number of allylic oxidation sites excluding steroid dienone is 2. The third-order valence-electron chi connectivity index (χ3n) is 7.64. The van der Waals surface area contributed by atoms with Gasteiger partial charge in [0.05, 0.1) is 18.3 Å². The van der Waals surface area contributed by atoms with Crippen LogP contribution in [0.4, 0.5) is 0 Å². The van der Waals surface area contributed by atoms with Crippen LogP contribution in [0, 0.1) is 17.8 Å². The van der Waals surface area contributed by atoms with Gasteiger partial charge >= 0.3 is 5.97 Å². The topological polar surface area (TPSA) is 66.8 Å². The normalized spacial score (nSPS) is 29.7. The molecule has 3 aliphatic rings. The second-order valence-corrected chi connectivity index (χ2v) is 11.2. The van der Waals surface area contributed by atoms with Crippen molar-refractivity contribution in [2.24, 2.45) is 17.8 Å². The van der Waals surface area contributed by atoms with Crippen molar-refractivity contribution in [2.75, 3.05) is 11.5 Å². The molecular weight excluding hydrogens is 408 g/mol. The van der Waals surface area contributed by atoms with Crippen LogP contribution < -0.4 is 0 Å². The van der Waals surface area contributed by atoms with Crippen LogP contribution in [0.3, 0.4) is 0 Å². The Labute approximate surface area is 193 Å². The fourth-order valence-corrected chi connectivity index (χ4v) is 7.00. The first kappa shape index (κ1) is 25.1. The minimum absolute atomic E-state index is 0.112. The van der Waals surface area contributed by atoms with Gasteiger partial charge in [-0.05, 0) is 74.9 Å². The summed E-state index contributed by atoms with van der Waals surface area (Å²) in [5.41, 5.74) is 0. The molecule has 1 saturated carbocycles. The Morgan fingerprint density at radius 2 is 1.77 bits per heavy atom. The largest absolute Gasteiger partial charge is 0.481 e. The number of hydrogen-bond acceptors (Lipinski definition) is 4. The highest BCUT2D eigenvalue weighted by atomic mass is 32.2. The minimum atomic E-state index is -0.702. The van der Waals surface area contributed by atoms with Crippen molar-refractivity contribution in [3.8, 4) is 0 Å². The molecule has 2 aliphatic heterocycles. The summed E-state index contributed by atoms with van der Waals surface area (Å²) in [4.78, 5) is 10.6. The maximum absolute atomic E-state index is 10.6. The molecule has 0 spiro atoms. The minimum Gasteiger partial charge on any atom is -0.481 e. The van der Waals surface area contributed by atoms with Crippen LogP contribution in [0.25, 0.3) is 0 Å². The number of carbonyl (C=O) groups is 1. The van der Waals surface area contributed by atoms with E-state index in [1.165, 1.54) is 64.2 Å². The molecule has 2 N–H and O–H groups in total. The van der Waals surface area contributed by atoms with Crippen LogP contribution in [0.15, 0.2) is 12.2 Å². The molecule has 178 valence electrons. The van der Waals surface area contributed by atoms with E-state index >= 15 is 0 Å². The Hall–Kier alpha value is -0.520. The highest BCUT2D eigenvalue weighted by Gasteiger charge is 2.47. The van der Waals surface area contributed by atoms with Gasteiger partial charge in [0.15, 0.2) is 0 Å². The average molecular weight is 453 g/mol. The van der Waals surface area contributed by atoms with Crippen molar-refractivity contribution in [1.82, 2.24) is 0 Å². The van der Waals surface area contributed by atoms with E-state index in [0.29, 0.717) is 24.0 Å². The molecule has 3 fully saturated rings. The second-order valence-electron chi connectivity index (χ2n) is 10.1. The lowest BCUT2D eigenvalue weighted by Gasteiger charge is -2.27. The number of aliphatic hydroxyl groups is 1. The first-order chi connectivity index (χ1) is 15.1. The van der Waals surface area contributed by atoms with Crippen LogP contribution in [-0.2, 0) is 9.53 Å². The molecule has 2 bridgehead atoms. The molecule has 1 unspecified atom stereocenters. The predicted molar refractivity (Wildman–Crippen MR) is 128 cm³/mol. The highest BCUT2D eigenvalue weighted by molar-refractivity contribution is 7.99. The standard InChI is InChI=1S/C26H44O4S/c27-21(18-20-10-4-3-5-11-20)19-31-17-9-8-13-23-22(24-15-16-25(23)30-24)12-6-1-2-7-14-26(28)29/h1,6,20-25,27H,2-5,7-19H2,(H,28,29)/t21?,22-,23+,24-,25+/m1/s1. The summed E-state index contributed by atoms with van der Waals surface area (Å²) >= 11 is 1.94. The van der Waals surface area contributed by atoms with Gasteiger partial charge in [-0.2, -0.15) is 11.8 Å².